The predicted molar refractivity (Wildman–Crippen MR) is 97.4 cm³/mol. The van der Waals surface area contributed by atoms with Crippen LogP contribution in [0.1, 0.15) is 22.3 Å². The third kappa shape index (κ3) is 3.91. The van der Waals surface area contributed by atoms with Crippen molar-refractivity contribution in [3.63, 3.8) is 0 Å². The molecule has 0 saturated carbocycles. The molecule has 1 aliphatic rings. The molecule has 0 fully saturated rings. The summed E-state index contributed by atoms with van der Waals surface area (Å²) in [5.74, 6) is 0.233. The molecule has 0 spiro atoms. The molecule has 7 heteroatoms. The average Bonchev–Trinajstić information content (AvgIpc) is 3.10. The van der Waals surface area contributed by atoms with E-state index in [1.54, 1.807) is 37.4 Å². The Morgan fingerprint density at radius 1 is 1.19 bits per heavy atom. The Balaban J connectivity index is 1.84. The summed E-state index contributed by atoms with van der Waals surface area (Å²) in [5.41, 5.74) is 6.75. The van der Waals surface area contributed by atoms with Crippen molar-refractivity contribution in [2.75, 3.05) is 13.8 Å². The van der Waals surface area contributed by atoms with Crippen molar-refractivity contribution in [2.45, 2.75) is 18.9 Å². The first-order chi connectivity index (χ1) is 12.5. The molecule has 26 heavy (non-hydrogen) atoms. The van der Waals surface area contributed by atoms with Gasteiger partial charge in [0.1, 0.15) is 0 Å². The molecule has 1 atom stereocenters. The normalized spacial score (nSPS) is 13.3. The maximum Gasteiger partial charge on any atom is 0.257 e. The van der Waals surface area contributed by atoms with E-state index in [9.17, 15) is 9.59 Å². The number of nitrogens with zero attached hydrogens (tertiary/aromatic N) is 1. The number of carbonyl (C=O) groups excluding carboxylic acids is 2. The molecule has 2 amide bonds. The number of hydrogen-bond donors (Lipinski definition) is 1. The molecular formula is C19H19ClN2O4. The molecule has 0 radical (unpaired) electrons. The highest BCUT2D eigenvalue weighted by Crippen LogP contribution is 2.36. The van der Waals surface area contributed by atoms with Crippen LogP contribution < -0.4 is 15.2 Å². The molecule has 1 unspecified atom stereocenters. The van der Waals surface area contributed by atoms with Crippen molar-refractivity contribution in [3.05, 3.63) is 58.6 Å². The third-order valence-electron chi connectivity index (χ3n) is 4.32. The largest absolute Gasteiger partial charge is 0.454 e. The topological polar surface area (TPSA) is 81.9 Å². The smallest absolute Gasteiger partial charge is 0.257 e. The van der Waals surface area contributed by atoms with Crippen molar-refractivity contribution in [2.24, 2.45) is 5.73 Å². The van der Waals surface area contributed by atoms with Gasteiger partial charge in [0, 0.05) is 24.5 Å². The van der Waals surface area contributed by atoms with Crippen molar-refractivity contribution < 1.29 is 19.1 Å². The standard InChI is InChI=1S/C19H19ClN2O4/c1-22(19(24)15-3-2-4-16-18(15)26-11-25-16)14(10-17(21)23)9-12-5-7-13(20)8-6-12/h2-8,14H,9-11H2,1H3,(H2,21,23). The van der Waals surface area contributed by atoms with E-state index in [-0.39, 0.29) is 25.2 Å². The third-order valence-corrected chi connectivity index (χ3v) is 4.57. The van der Waals surface area contributed by atoms with Crippen molar-refractivity contribution in [3.8, 4) is 11.5 Å². The number of fused-ring (bicyclic) bond motifs is 1. The quantitative estimate of drug-likeness (QED) is 0.842. The SMILES string of the molecule is CN(C(=O)c1cccc2c1OCO2)C(CC(N)=O)Cc1ccc(Cl)cc1. The number of likely N-dealkylation sites (N-methyl/N-ethyl adjacent to an activating group) is 1. The lowest BCUT2D eigenvalue weighted by molar-refractivity contribution is -0.118. The van der Waals surface area contributed by atoms with Crippen LogP contribution in [0.4, 0.5) is 0 Å². The van der Waals surface area contributed by atoms with Gasteiger partial charge in [-0.25, -0.2) is 0 Å². The van der Waals surface area contributed by atoms with Crippen LogP contribution in [0.5, 0.6) is 11.5 Å². The highest BCUT2D eigenvalue weighted by Gasteiger charge is 2.28. The first-order valence-electron chi connectivity index (χ1n) is 8.14. The van der Waals surface area contributed by atoms with Crippen LogP contribution in [0.15, 0.2) is 42.5 Å². The fourth-order valence-corrected chi connectivity index (χ4v) is 3.05. The van der Waals surface area contributed by atoms with Crippen molar-refractivity contribution in [1.82, 2.24) is 4.90 Å². The van der Waals surface area contributed by atoms with Crippen LogP contribution in [0.25, 0.3) is 0 Å². The summed E-state index contributed by atoms with van der Waals surface area (Å²) in [4.78, 5) is 26.0. The summed E-state index contributed by atoms with van der Waals surface area (Å²) in [5, 5.41) is 0.627. The molecule has 6 nitrogen and oxygen atoms in total. The Bertz CT molecular complexity index is 823. The summed E-state index contributed by atoms with van der Waals surface area (Å²) < 4.78 is 10.7. The molecule has 1 aliphatic heterocycles. The molecule has 0 saturated heterocycles. The Kier molecular flexibility index (Phi) is 5.32. The van der Waals surface area contributed by atoms with Gasteiger partial charge >= 0.3 is 0 Å². The molecule has 0 aromatic heterocycles. The molecule has 2 N–H and O–H groups in total. The van der Waals surface area contributed by atoms with Gasteiger partial charge in [-0.15, -0.1) is 0 Å². The first-order valence-corrected chi connectivity index (χ1v) is 8.52. The minimum Gasteiger partial charge on any atom is -0.454 e. The van der Waals surface area contributed by atoms with Crippen LogP contribution in [0.2, 0.25) is 5.02 Å². The monoisotopic (exact) mass is 374 g/mol. The van der Waals surface area contributed by atoms with E-state index < -0.39 is 5.91 Å². The fourth-order valence-electron chi connectivity index (χ4n) is 2.93. The minimum absolute atomic E-state index is 0.0528. The van der Waals surface area contributed by atoms with Crippen LogP contribution in [0.3, 0.4) is 0 Å². The van der Waals surface area contributed by atoms with Gasteiger partial charge in [-0.05, 0) is 36.2 Å². The van der Waals surface area contributed by atoms with Gasteiger partial charge in [-0.2, -0.15) is 0 Å². The average molecular weight is 375 g/mol. The highest BCUT2D eigenvalue weighted by atomic mass is 35.5. The molecule has 2 aromatic carbocycles. The number of halogens is 1. The van der Waals surface area contributed by atoms with Gasteiger partial charge in [-0.3, -0.25) is 9.59 Å². The fraction of sp³-hybridized carbons (Fsp3) is 0.263. The number of nitrogens with two attached hydrogens (primary N) is 1. The second-order valence-corrected chi connectivity index (χ2v) is 6.55. The maximum absolute atomic E-state index is 13.0. The van der Waals surface area contributed by atoms with Crippen LogP contribution in [-0.2, 0) is 11.2 Å². The maximum atomic E-state index is 13.0. The number of hydrogen-bond acceptors (Lipinski definition) is 4. The Morgan fingerprint density at radius 2 is 1.92 bits per heavy atom. The van der Waals surface area contributed by atoms with E-state index in [2.05, 4.69) is 0 Å². The van der Waals surface area contributed by atoms with Gasteiger partial charge in [0.2, 0.25) is 12.7 Å². The van der Waals surface area contributed by atoms with Gasteiger partial charge < -0.3 is 20.1 Å². The number of amides is 2. The molecule has 3 rings (SSSR count). The molecule has 136 valence electrons. The summed E-state index contributed by atoms with van der Waals surface area (Å²) >= 11 is 5.92. The zero-order valence-corrected chi connectivity index (χ0v) is 15.0. The summed E-state index contributed by atoms with van der Waals surface area (Å²) in [7, 11) is 1.65. The van der Waals surface area contributed by atoms with Gasteiger partial charge in [0.15, 0.2) is 11.5 Å². The summed E-state index contributed by atoms with van der Waals surface area (Å²) in [6, 6.07) is 12.0. The lowest BCUT2D eigenvalue weighted by atomic mass is 10.0. The summed E-state index contributed by atoms with van der Waals surface area (Å²) in [6.07, 6.45) is 0.534. The zero-order chi connectivity index (χ0) is 18.7. The van der Waals surface area contributed by atoms with Crippen molar-refractivity contribution >= 4 is 23.4 Å². The molecule has 1 heterocycles. The molecule has 0 bridgehead atoms. The van der Waals surface area contributed by atoms with E-state index in [1.165, 1.54) is 4.90 Å². The van der Waals surface area contributed by atoms with Gasteiger partial charge in [-0.1, -0.05) is 29.8 Å². The zero-order valence-electron chi connectivity index (χ0n) is 14.3. The Morgan fingerprint density at radius 3 is 2.62 bits per heavy atom. The van der Waals surface area contributed by atoms with E-state index in [0.717, 1.165) is 5.56 Å². The van der Waals surface area contributed by atoms with Crippen molar-refractivity contribution in [1.29, 1.82) is 0 Å². The van der Waals surface area contributed by atoms with Crippen LogP contribution in [0, 0.1) is 0 Å². The number of rotatable bonds is 6. The van der Waals surface area contributed by atoms with Crippen LogP contribution in [-0.4, -0.2) is 36.6 Å². The van der Waals surface area contributed by atoms with E-state index in [4.69, 9.17) is 26.8 Å². The number of primary amides is 1. The lowest BCUT2D eigenvalue weighted by Gasteiger charge is -2.28. The Labute approximate surface area is 156 Å². The second kappa shape index (κ2) is 7.66. The molecular weight excluding hydrogens is 356 g/mol. The van der Waals surface area contributed by atoms with Gasteiger partial charge in [0.05, 0.1) is 5.56 Å². The van der Waals surface area contributed by atoms with Gasteiger partial charge in [0.25, 0.3) is 5.91 Å². The number of carbonyl (C=O) groups is 2. The summed E-state index contributed by atoms with van der Waals surface area (Å²) in [6.45, 7) is 0.0822. The first kappa shape index (κ1) is 18.1. The number of benzene rings is 2. The van der Waals surface area contributed by atoms with Crippen LogP contribution >= 0.6 is 11.6 Å². The number of para-hydroxylation sites is 1. The van der Waals surface area contributed by atoms with E-state index >= 15 is 0 Å². The van der Waals surface area contributed by atoms with E-state index in [1.807, 2.05) is 12.1 Å². The molecule has 0 aliphatic carbocycles. The highest BCUT2D eigenvalue weighted by molar-refractivity contribution is 6.30. The molecule has 2 aromatic rings. The second-order valence-electron chi connectivity index (χ2n) is 6.11. The van der Waals surface area contributed by atoms with E-state index in [0.29, 0.717) is 28.5 Å². The predicted octanol–water partition coefficient (Wildman–Crippen LogP) is 2.63. The Hall–Kier alpha value is -2.73. The minimum atomic E-state index is -0.471. The lowest BCUT2D eigenvalue weighted by Crippen LogP contribution is -2.41. The number of ether oxygens (including phenoxy) is 2.